The van der Waals surface area contributed by atoms with E-state index in [0.29, 0.717) is 0 Å². The Balaban J connectivity index is 0.00000118. The van der Waals surface area contributed by atoms with Gasteiger partial charge in [-0.2, -0.15) is 0 Å². The average Bonchev–Trinajstić information content (AvgIpc) is 2.62. The van der Waals surface area contributed by atoms with Gasteiger partial charge in [0.15, 0.2) is 0 Å². The normalized spacial score (nSPS) is 14.9. The van der Waals surface area contributed by atoms with E-state index in [1.165, 1.54) is 48.6 Å². The Morgan fingerprint density at radius 1 is 0.750 bits per heavy atom. The van der Waals surface area contributed by atoms with E-state index in [2.05, 4.69) is 47.0 Å². The maximum absolute atomic E-state index is 10.7. The zero-order valence-corrected chi connectivity index (χ0v) is 24.6. The standard InChI is InChI=1S/C10H14ClN.3C4H9.F6P.Sn/c1-12(2,3)8-9-4-6-10(11)7-5-9;3*1-3-4-2;1-7(2,3,4,5)6;/h4-7H,1,8H2,2-3H3;3*1,3-4H2,2H3;;/q+1;;;;-1;. The van der Waals surface area contributed by atoms with Crippen molar-refractivity contribution in [1.29, 1.82) is 0 Å². The third-order valence-corrected chi connectivity index (χ3v) is 22.2. The first-order chi connectivity index (χ1) is 14.3. The Kier molecular flexibility index (Phi) is 12.4. The molecule has 0 amide bonds. The fraction of sp³-hybridized carbons (Fsp3) is 0.727. The summed E-state index contributed by atoms with van der Waals surface area (Å²) in [7, 11) is -5.73. The predicted molar refractivity (Wildman–Crippen MR) is 131 cm³/mol. The molecule has 0 unspecified atom stereocenters. The van der Waals surface area contributed by atoms with Gasteiger partial charge in [-0.15, -0.1) is 0 Å². The number of rotatable bonds is 13. The number of halogens is 7. The molecule has 192 valence electrons. The van der Waals surface area contributed by atoms with Crippen LogP contribution in [0.25, 0.3) is 0 Å². The van der Waals surface area contributed by atoms with Gasteiger partial charge >= 0.3 is 200 Å². The van der Waals surface area contributed by atoms with Crippen LogP contribution in [-0.4, -0.2) is 41.5 Å². The first-order valence-electron chi connectivity index (χ1n) is 11.4. The zero-order valence-electron chi connectivity index (χ0n) is 20.1. The molecule has 0 saturated carbocycles. The molecule has 1 aromatic carbocycles. The molecule has 0 aliphatic heterocycles. The second-order valence-electron chi connectivity index (χ2n) is 9.65. The summed E-state index contributed by atoms with van der Waals surface area (Å²) in [6.45, 7) is 8.23. The maximum atomic E-state index is 9.87. The van der Waals surface area contributed by atoms with E-state index in [0.717, 1.165) is 16.1 Å². The molecule has 1 aromatic rings. The van der Waals surface area contributed by atoms with Gasteiger partial charge in [0.2, 0.25) is 0 Å². The molecule has 0 radical (unpaired) electrons. The summed E-state index contributed by atoms with van der Waals surface area (Å²) >= 11 is 3.97. The van der Waals surface area contributed by atoms with Crippen molar-refractivity contribution in [3.05, 3.63) is 34.9 Å². The van der Waals surface area contributed by atoms with Crippen molar-refractivity contribution < 1.29 is 29.7 Å². The van der Waals surface area contributed by atoms with Crippen LogP contribution < -0.4 is 0 Å². The minimum atomic E-state index is -10.7. The topological polar surface area (TPSA) is 0 Å². The second-order valence-corrected chi connectivity index (χ2v) is 25.7. The van der Waals surface area contributed by atoms with E-state index in [1.54, 1.807) is 13.3 Å². The van der Waals surface area contributed by atoms with Crippen LogP contribution in [0.4, 0.5) is 25.2 Å². The number of hydrogen-bond donors (Lipinski definition) is 0. The van der Waals surface area contributed by atoms with Crippen molar-refractivity contribution in [2.24, 2.45) is 0 Å². The molecule has 0 aliphatic carbocycles. The van der Waals surface area contributed by atoms with E-state index in [1.807, 2.05) is 12.1 Å². The van der Waals surface area contributed by atoms with Crippen LogP contribution in [0.5, 0.6) is 0 Å². The van der Waals surface area contributed by atoms with Gasteiger partial charge in [0.05, 0.1) is 0 Å². The summed E-state index contributed by atoms with van der Waals surface area (Å²) in [6, 6.07) is 8.50. The Labute approximate surface area is 199 Å². The number of benzene rings is 1. The molecule has 10 heteroatoms. The molecule has 0 aromatic heterocycles. The van der Waals surface area contributed by atoms with Crippen molar-refractivity contribution in [3.8, 4) is 0 Å². The molecule has 0 heterocycles. The molecule has 1 nitrogen and oxygen atoms in total. The van der Waals surface area contributed by atoms with Gasteiger partial charge in [-0.25, -0.2) is 0 Å². The molecule has 0 saturated heterocycles. The minimum absolute atomic E-state index is 0.844. The van der Waals surface area contributed by atoms with E-state index in [4.69, 9.17) is 11.6 Å². The third-order valence-electron chi connectivity index (χ3n) is 5.47. The predicted octanol–water partition coefficient (Wildman–Crippen LogP) is 10.7. The molecule has 0 spiro atoms. The second kappa shape index (κ2) is 12.3. The number of quaternary nitrogens is 1. The van der Waals surface area contributed by atoms with Gasteiger partial charge in [0.1, 0.15) is 0 Å². The van der Waals surface area contributed by atoms with Crippen molar-refractivity contribution in [2.45, 2.75) is 79.2 Å². The Bertz CT molecular complexity index is 632. The monoisotopic (exact) mass is 619 g/mol. The van der Waals surface area contributed by atoms with Gasteiger partial charge < -0.3 is 0 Å². The van der Waals surface area contributed by atoms with E-state index in [9.17, 15) is 25.2 Å². The summed E-state index contributed by atoms with van der Waals surface area (Å²) in [5.74, 6) is 0. The van der Waals surface area contributed by atoms with Crippen molar-refractivity contribution in [2.75, 3.05) is 18.7 Å². The molecule has 0 fully saturated rings. The number of unbranched alkanes of at least 4 members (excludes halogenated alkanes) is 3. The van der Waals surface area contributed by atoms with E-state index >= 15 is 0 Å². The van der Waals surface area contributed by atoms with Crippen molar-refractivity contribution in [3.63, 3.8) is 0 Å². The quantitative estimate of drug-likeness (QED) is 0.0893. The summed E-state index contributed by atoms with van der Waals surface area (Å²) in [6.07, 6.45) is 8.48. The van der Waals surface area contributed by atoms with E-state index < -0.39 is 26.2 Å². The van der Waals surface area contributed by atoms with Crippen LogP contribution in [-0.2, 0) is 6.54 Å². The first kappa shape index (κ1) is 32.3. The van der Waals surface area contributed by atoms with Crippen molar-refractivity contribution in [1.82, 2.24) is 0 Å². The van der Waals surface area contributed by atoms with Gasteiger partial charge in [0, 0.05) is 0 Å². The SMILES string of the molecule is CCC[CH2][Sn]([CH2]CCC)([CH2]CCC)[CH2][N+](C)(C)Cc1ccc(Cl)cc1.F[P-](F)(F)(F)(F)F. The molecule has 32 heavy (non-hydrogen) atoms. The van der Waals surface area contributed by atoms with Crippen LogP contribution in [0, 0.1) is 0 Å². The molecule has 0 N–H and O–H groups in total. The van der Waals surface area contributed by atoms with Crippen molar-refractivity contribution >= 4 is 37.8 Å². The van der Waals surface area contributed by atoms with Crippen LogP contribution in [0.2, 0.25) is 18.3 Å². The van der Waals surface area contributed by atoms with Gasteiger partial charge in [0.25, 0.3) is 0 Å². The molecule has 0 bridgehead atoms. The zero-order chi connectivity index (χ0) is 25.2. The fourth-order valence-electron chi connectivity index (χ4n) is 4.32. The summed E-state index contributed by atoms with van der Waals surface area (Å²) in [5, 5.41) is 0.844. The van der Waals surface area contributed by atoms with E-state index in [-0.39, 0.29) is 0 Å². The van der Waals surface area contributed by atoms with Crippen LogP contribution in [0.3, 0.4) is 0 Å². The van der Waals surface area contributed by atoms with Gasteiger partial charge in [-0.3, -0.25) is 0 Å². The number of hydrogen-bond acceptors (Lipinski definition) is 0. The van der Waals surface area contributed by atoms with Crippen LogP contribution in [0.1, 0.15) is 64.9 Å². The van der Waals surface area contributed by atoms with Gasteiger partial charge in [-0.05, 0) is 0 Å². The average molecular weight is 619 g/mol. The fourth-order valence-corrected chi connectivity index (χ4v) is 22.9. The summed E-state index contributed by atoms with van der Waals surface area (Å²) in [5.41, 5.74) is 1.43. The summed E-state index contributed by atoms with van der Waals surface area (Å²) in [4.78, 5) is 0. The van der Waals surface area contributed by atoms with Crippen LogP contribution in [0.15, 0.2) is 24.3 Å². The number of nitrogens with zero attached hydrogens (tertiary/aromatic N) is 1. The first-order valence-corrected chi connectivity index (χ1v) is 21.9. The molecular weight excluding hydrogens is 577 g/mol. The summed E-state index contributed by atoms with van der Waals surface area (Å²) < 4.78 is 66.7. The third kappa shape index (κ3) is 19.7. The Morgan fingerprint density at radius 3 is 1.41 bits per heavy atom. The molecule has 0 aliphatic rings. The molecule has 1 rings (SSSR count). The molecular formula is C22H41ClF6NPSn. The van der Waals surface area contributed by atoms with Gasteiger partial charge in [-0.1, -0.05) is 0 Å². The van der Waals surface area contributed by atoms with Crippen LogP contribution >= 0.6 is 19.4 Å². The Hall–Kier alpha value is 0.279. The molecule has 0 atom stereocenters. The Morgan fingerprint density at radius 2 is 1.09 bits per heavy atom.